The van der Waals surface area contributed by atoms with E-state index >= 15 is 0 Å². The van der Waals surface area contributed by atoms with E-state index in [-0.39, 0.29) is 10.8 Å². The molecule has 0 saturated carbocycles. The number of nitrogens with one attached hydrogen (secondary N) is 1. The molecule has 1 aromatic heterocycles. The number of benzene rings is 3. The van der Waals surface area contributed by atoms with Crippen molar-refractivity contribution in [1.82, 2.24) is 0 Å². The molecule has 4 aromatic rings. The third-order valence-electron chi connectivity index (χ3n) is 5.22. The zero-order valence-electron chi connectivity index (χ0n) is 18.1. The van der Waals surface area contributed by atoms with Crippen molar-refractivity contribution in [3.8, 4) is 0 Å². The second kappa shape index (κ2) is 8.76. The summed E-state index contributed by atoms with van der Waals surface area (Å²) >= 11 is 1.38. The van der Waals surface area contributed by atoms with Crippen molar-refractivity contribution in [1.29, 1.82) is 0 Å². The van der Waals surface area contributed by atoms with Gasteiger partial charge in [-0.05, 0) is 74.7 Å². The first-order chi connectivity index (χ1) is 15.3. The summed E-state index contributed by atoms with van der Waals surface area (Å²) in [5.41, 5.74) is 3.44. The smallest absolute Gasteiger partial charge is 0.265 e. The quantitative estimate of drug-likeness (QED) is 0.381. The largest absolute Gasteiger partial charge is 0.321 e. The fourth-order valence-corrected chi connectivity index (χ4v) is 5.86. The molecule has 0 aliphatic carbocycles. The Hall–Kier alpha value is -3.16. The Morgan fingerprint density at radius 2 is 1.53 bits per heavy atom. The lowest BCUT2D eigenvalue weighted by atomic mass is 10.2. The minimum Gasteiger partial charge on any atom is -0.321 e. The van der Waals surface area contributed by atoms with Crippen molar-refractivity contribution in [3.63, 3.8) is 0 Å². The Kier molecular flexibility index (Phi) is 6.04. The first kappa shape index (κ1) is 22.0. The minimum absolute atomic E-state index is 0.184. The first-order valence-corrected chi connectivity index (χ1v) is 12.5. The van der Waals surface area contributed by atoms with Crippen LogP contribution in [0.1, 0.15) is 27.7 Å². The Labute approximate surface area is 192 Å². The van der Waals surface area contributed by atoms with E-state index in [0.29, 0.717) is 17.1 Å². The van der Waals surface area contributed by atoms with E-state index in [1.807, 2.05) is 57.2 Å². The van der Waals surface area contributed by atoms with Gasteiger partial charge in [0.05, 0.1) is 15.5 Å². The number of carbonyl (C=O) groups excluding carboxylic acids is 1. The highest BCUT2D eigenvalue weighted by Gasteiger charge is 2.24. The minimum atomic E-state index is -3.69. The van der Waals surface area contributed by atoms with Gasteiger partial charge in [0.1, 0.15) is 0 Å². The number of hydrogen-bond acceptors (Lipinski definition) is 4. The molecule has 0 radical (unpaired) electrons. The van der Waals surface area contributed by atoms with Crippen LogP contribution in [0.4, 0.5) is 11.4 Å². The molecule has 1 N–H and O–H groups in total. The normalized spacial score (nSPS) is 11.5. The van der Waals surface area contributed by atoms with Crippen LogP contribution in [-0.4, -0.2) is 20.9 Å². The molecule has 0 aliphatic rings. The molecule has 32 heavy (non-hydrogen) atoms. The molecular weight excluding hydrogens is 440 g/mol. The van der Waals surface area contributed by atoms with Gasteiger partial charge in [0.25, 0.3) is 15.9 Å². The van der Waals surface area contributed by atoms with E-state index in [4.69, 9.17) is 0 Å². The monoisotopic (exact) mass is 464 g/mol. The van der Waals surface area contributed by atoms with Gasteiger partial charge in [-0.3, -0.25) is 9.10 Å². The maximum Gasteiger partial charge on any atom is 0.265 e. The van der Waals surface area contributed by atoms with Crippen LogP contribution >= 0.6 is 11.3 Å². The summed E-state index contributed by atoms with van der Waals surface area (Å²) in [7, 11) is -3.69. The van der Waals surface area contributed by atoms with Gasteiger partial charge >= 0.3 is 0 Å². The molecule has 164 valence electrons. The molecule has 0 saturated heterocycles. The van der Waals surface area contributed by atoms with Crippen molar-refractivity contribution in [2.45, 2.75) is 25.7 Å². The molecule has 0 atom stereocenters. The Morgan fingerprint density at radius 1 is 0.906 bits per heavy atom. The number of carbonyl (C=O) groups is 1. The van der Waals surface area contributed by atoms with Gasteiger partial charge in [0, 0.05) is 16.9 Å². The number of hydrogen-bond donors (Lipinski definition) is 1. The molecule has 0 fully saturated rings. The first-order valence-electron chi connectivity index (χ1n) is 10.3. The maximum absolute atomic E-state index is 13.2. The van der Waals surface area contributed by atoms with Crippen molar-refractivity contribution in [2.24, 2.45) is 0 Å². The number of fused-ring (bicyclic) bond motifs is 1. The molecule has 3 aromatic carbocycles. The van der Waals surface area contributed by atoms with E-state index in [2.05, 4.69) is 5.32 Å². The Balaban J connectivity index is 1.63. The fraction of sp³-hybridized carbons (Fsp3) is 0.160. The van der Waals surface area contributed by atoms with Gasteiger partial charge in [-0.25, -0.2) is 8.42 Å². The number of thiophene rings is 1. The second-order valence-corrected chi connectivity index (χ2v) is 10.6. The standard InChI is InChI=1S/C25H24N2O3S2/c1-4-27(32(29,30)22-12-7-18(3)8-13-22)21-11-14-23-19(15-21)16-24(31-23)25(28)26-20-9-5-17(2)6-10-20/h5-16H,4H2,1-3H3,(H,26,28). The van der Waals surface area contributed by atoms with Crippen molar-refractivity contribution in [2.75, 3.05) is 16.2 Å². The van der Waals surface area contributed by atoms with Gasteiger partial charge < -0.3 is 5.32 Å². The van der Waals surface area contributed by atoms with Crippen molar-refractivity contribution >= 4 is 48.7 Å². The highest BCUT2D eigenvalue weighted by atomic mass is 32.2. The summed E-state index contributed by atoms with van der Waals surface area (Å²) in [5, 5.41) is 3.74. The summed E-state index contributed by atoms with van der Waals surface area (Å²) in [4.78, 5) is 13.5. The average Bonchev–Trinajstić information content (AvgIpc) is 3.20. The lowest BCUT2D eigenvalue weighted by Crippen LogP contribution is -2.30. The molecule has 1 amide bonds. The van der Waals surface area contributed by atoms with Crippen molar-refractivity contribution < 1.29 is 13.2 Å². The third kappa shape index (κ3) is 4.40. The molecule has 0 unspecified atom stereocenters. The Morgan fingerprint density at radius 3 is 2.16 bits per heavy atom. The van der Waals surface area contributed by atoms with Crippen LogP contribution in [0.2, 0.25) is 0 Å². The van der Waals surface area contributed by atoms with Crippen LogP contribution in [-0.2, 0) is 10.0 Å². The predicted octanol–water partition coefficient (Wildman–Crippen LogP) is 5.99. The molecular formula is C25H24N2O3S2. The number of nitrogens with zero attached hydrogens (tertiary/aromatic N) is 1. The molecule has 7 heteroatoms. The van der Waals surface area contributed by atoms with Crippen LogP contribution in [0.25, 0.3) is 10.1 Å². The van der Waals surface area contributed by atoms with Crippen LogP contribution in [0, 0.1) is 13.8 Å². The van der Waals surface area contributed by atoms with Gasteiger partial charge in [-0.15, -0.1) is 11.3 Å². The zero-order chi connectivity index (χ0) is 22.9. The maximum atomic E-state index is 13.2. The summed E-state index contributed by atoms with van der Waals surface area (Å²) in [6.07, 6.45) is 0. The summed E-state index contributed by atoms with van der Waals surface area (Å²) < 4.78 is 28.7. The van der Waals surface area contributed by atoms with Gasteiger partial charge in [-0.2, -0.15) is 0 Å². The van der Waals surface area contributed by atoms with Gasteiger partial charge in [-0.1, -0.05) is 35.4 Å². The molecule has 0 spiro atoms. The highest BCUT2D eigenvalue weighted by Crippen LogP contribution is 2.32. The van der Waals surface area contributed by atoms with Crippen LogP contribution in [0.3, 0.4) is 0 Å². The van der Waals surface area contributed by atoms with Crippen molar-refractivity contribution in [3.05, 3.63) is 88.8 Å². The zero-order valence-corrected chi connectivity index (χ0v) is 19.8. The number of sulfonamides is 1. The summed E-state index contributed by atoms with van der Waals surface area (Å²) in [6.45, 7) is 6.02. The number of aryl methyl sites for hydroxylation is 2. The van der Waals surface area contributed by atoms with E-state index in [1.54, 1.807) is 36.4 Å². The highest BCUT2D eigenvalue weighted by molar-refractivity contribution is 7.92. The SMILES string of the molecule is CCN(c1ccc2sc(C(=O)Nc3ccc(C)cc3)cc2c1)S(=O)(=O)c1ccc(C)cc1. The lowest BCUT2D eigenvalue weighted by Gasteiger charge is -2.23. The second-order valence-electron chi connectivity index (χ2n) is 7.64. The van der Waals surface area contributed by atoms with Crippen LogP contribution in [0.15, 0.2) is 77.7 Å². The number of amides is 1. The lowest BCUT2D eigenvalue weighted by molar-refractivity contribution is 0.103. The molecule has 5 nitrogen and oxygen atoms in total. The summed E-state index contributed by atoms with van der Waals surface area (Å²) in [6, 6.07) is 21.8. The van der Waals surface area contributed by atoms with Gasteiger partial charge in [0.15, 0.2) is 0 Å². The van der Waals surface area contributed by atoms with E-state index in [1.165, 1.54) is 15.6 Å². The van der Waals surface area contributed by atoms with Gasteiger partial charge in [0.2, 0.25) is 0 Å². The fourth-order valence-electron chi connectivity index (χ4n) is 3.46. The van der Waals surface area contributed by atoms with E-state index in [0.717, 1.165) is 26.9 Å². The third-order valence-corrected chi connectivity index (χ3v) is 8.25. The molecule has 4 rings (SSSR count). The predicted molar refractivity (Wildman–Crippen MR) is 132 cm³/mol. The van der Waals surface area contributed by atoms with Crippen LogP contribution < -0.4 is 9.62 Å². The molecule has 0 aliphatic heterocycles. The van der Waals surface area contributed by atoms with E-state index in [9.17, 15) is 13.2 Å². The number of rotatable bonds is 6. The summed E-state index contributed by atoms with van der Waals surface area (Å²) in [5.74, 6) is -0.184. The van der Waals surface area contributed by atoms with E-state index < -0.39 is 10.0 Å². The Bertz CT molecular complexity index is 1370. The average molecular weight is 465 g/mol. The molecule has 0 bridgehead atoms. The van der Waals surface area contributed by atoms with Crippen LogP contribution in [0.5, 0.6) is 0 Å². The molecule has 1 heterocycles. The topological polar surface area (TPSA) is 66.5 Å². The number of anilines is 2.